The molecule has 222 valence electrons. The van der Waals surface area contributed by atoms with E-state index in [0.29, 0.717) is 6.54 Å². The third-order valence-electron chi connectivity index (χ3n) is 8.38. The number of rotatable bonds is 7. The lowest BCUT2D eigenvalue weighted by atomic mass is 10.1. The van der Waals surface area contributed by atoms with Gasteiger partial charge in [0.25, 0.3) is 0 Å². The van der Waals surface area contributed by atoms with Crippen LogP contribution in [0.25, 0.3) is 39.0 Å². The number of pyridine rings is 2. The maximum absolute atomic E-state index is 13.8. The van der Waals surface area contributed by atoms with Crippen LogP contribution in [0.4, 0.5) is 10.2 Å². The summed E-state index contributed by atoms with van der Waals surface area (Å²) in [6, 6.07) is 21.3. The highest BCUT2D eigenvalue weighted by atomic mass is 19.1. The van der Waals surface area contributed by atoms with E-state index in [1.54, 1.807) is 6.07 Å². The molecule has 1 unspecified atom stereocenters. The van der Waals surface area contributed by atoms with E-state index in [2.05, 4.69) is 75.1 Å². The predicted molar refractivity (Wildman–Crippen MR) is 171 cm³/mol. The summed E-state index contributed by atoms with van der Waals surface area (Å²) in [6.07, 6.45) is 9.36. The minimum Gasteiger partial charge on any atom is -0.379 e. The highest BCUT2D eigenvalue weighted by molar-refractivity contribution is 5.97. The summed E-state index contributed by atoms with van der Waals surface area (Å²) in [5.41, 5.74) is 7.87. The van der Waals surface area contributed by atoms with Crippen molar-refractivity contribution in [3.63, 3.8) is 0 Å². The first-order valence-electron chi connectivity index (χ1n) is 14.9. The molecule has 1 aliphatic heterocycles. The van der Waals surface area contributed by atoms with E-state index >= 15 is 0 Å². The van der Waals surface area contributed by atoms with Crippen LogP contribution in [0.2, 0.25) is 0 Å². The molecule has 0 spiro atoms. The van der Waals surface area contributed by atoms with E-state index in [1.807, 2.05) is 42.5 Å². The van der Waals surface area contributed by atoms with E-state index in [4.69, 9.17) is 9.97 Å². The Morgan fingerprint density at radius 3 is 2.36 bits per heavy atom. The van der Waals surface area contributed by atoms with Crippen LogP contribution in [0.3, 0.4) is 0 Å². The summed E-state index contributed by atoms with van der Waals surface area (Å²) >= 11 is 0. The molecular weight excluding hydrogens is 553 g/mol. The van der Waals surface area contributed by atoms with Gasteiger partial charge in [0, 0.05) is 84.3 Å². The van der Waals surface area contributed by atoms with Crippen molar-refractivity contribution in [3.05, 3.63) is 115 Å². The monoisotopic (exact) mass is 587 g/mol. The van der Waals surface area contributed by atoms with Gasteiger partial charge in [-0.05, 0) is 61.9 Å². The number of nitrogens with zero attached hydrogens (tertiary/aromatic N) is 7. The first-order valence-corrected chi connectivity index (χ1v) is 14.9. The number of benzene rings is 2. The van der Waals surface area contributed by atoms with E-state index in [-0.39, 0.29) is 5.82 Å². The van der Waals surface area contributed by atoms with Crippen LogP contribution in [0.1, 0.15) is 18.1 Å². The second kappa shape index (κ2) is 11.7. The van der Waals surface area contributed by atoms with Crippen molar-refractivity contribution in [2.24, 2.45) is 0 Å². The van der Waals surface area contributed by atoms with Gasteiger partial charge in [-0.1, -0.05) is 29.8 Å². The van der Waals surface area contributed by atoms with Crippen molar-refractivity contribution in [2.75, 3.05) is 31.1 Å². The van der Waals surface area contributed by atoms with Gasteiger partial charge in [-0.25, -0.2) is 14.4 Å². The fourth-order valence-corrected chi connectivity index (χ4v) is 5.88. The van der Waals surface area contributed by atoms with Crippen LogP contribution in [-0.2, 0) is 6.54 Å². The van der Waals surface area contributed by atoms with E-state index < -0.39 is 6.23 Å². The Labute approximate surface area is 255 Å². The summed E-state index contributed by atoms with van der Waals surface area (Å²) in [6.45, 7) is 7.63. The molecule has 2 aromatic carbocycles. The zero-order valence-electron chi connectivity index (χ0n) is 24.8. The molecule has 1 fully saturated rings. The standard InChI is InChI=1S/C35H34FN7O/c1-24-6-9-31(10-7-24)43-23-33(29-20-39-42(22-29)21-26-4-3-5-30(36)16-26)32-17-28(19-38-35(32)43)27-8-11-34(37-18-27)41-14-12-40(13-15-41)25(2)44/h3-11,16-20,22-23,25,44H,12-15,21H2,1-2H3. The quantitative estimate of drug-likeness (QED) is 0.251. The normalized spacial score (nSPS) is 14.8. The van der Waals surface area contributed by atoms with Crippen molar-refractivity contribution in [3.8, 4) is 27.9 Å². The van der Waals surface area contributed by atoms with Gasteiger partial charge in [-0.15, -0.1) is 0 Å². The average Bonchev–Trinajstić information content (AvgIpc) is 3.66. The lowest BCUT2D eigenvalue weighted by Crippen LogP contribution is -2.49. The number of hydrogen-bond donors (Lipinski definition) is 1. The van der Waals surface area contributed by atoms with Crippen molar-refractivity contribution >= 4 is 16.9 Å². The van der Waals surface area contributed by atoms with Crippen molar-refractivity contribution < 1.29 is 9.50 Å². The van der Waals surface area contributed by atoms with Crippen molar-refractivity contribution in [1.29, 1.82) is 0 Å². The van der Waals surface area contributed by atoms with Crippen LogP contribution in [-0.4, -0.2) is 66.7 Å². The molecule has 0 bridgehead atoms. The number of halogens is 1. The molecule has 5 heterocycles. The van der Waals surface area contributed by atoms with Crippen LogP contribution in [0.5, 0.6) is 0 Å². The summed E-state index contributed by atoms with van der Waals surface area (Å²) in [5, 5.41) is 15.5. The Morgan fingerprint density at radius 2 is 1.64 bits per heavy atom. The van der Waals surface area contributed by atoms with E-state index in [0.717, 1.165) is 76.5 Å². The number of anilines is 1. The molecule has 8 nitrogen and oxygen atoms in total. The maximum atomic E-state index is 13.8. The number of aryl methyl sites for hydroxylation is 1. The number of aliphatic hydroxyl groups is 1. The topological polar surface area (TPSA) is 75.2 Å². The molecule has 0 saturated carbocycles. The first-order chi connectivity index (χ1) is 21.4. The lowest BCUT2D eigenvalue weighted by molar-refractivity contribution is 0.0152. The second-order valence-electron chi connectivity index (χ2n) is 11.5. The van der Waals surface area contributed by atoms with Gasteiger partial charge in [0.05, 0.1) is 12.7 Å². The molecule has 9 heteroatoms. The van der Waals surface area contributed by atoms with Crippen molar-refractivity contribution in [1.82, 2.24) is 29.2 Å². The Kier molecular flexibility index (Phi) is 7.41. The predicted octanol–water partition coefficient (Wildman–Crippen LogP) is 5.91. The minimum absolute atomic E-state index is 0.254. The molecule has 0 amide bonds. The number of fused-ring (bicyclic) bond motifs is 1. The zero-order valence-corrected chi connectivity index (χ0v) is 24.8. The molecule has 1 N–H and O–H groups in total. The van der Waals surface area contributed by atoms with Gasteiger partial charge in [-0.2, -0.15) is 5.10 Å². The SMILES string of the molecule is Cc1ccc(-n2cc(-c3cnn(Cc4cccc(F)c4)c3)c3cc(-c4ccc(N5CCN(C(C)O)CC5)nc4)cnc32)cc1. The summed E-state index contributed by atoms with van der Waals surface area (Å²) < 4.78 is 17.7. The fraction of sp³-hybridized carbons (Fsp3) is 0.229. The molecule has 1 saturated heterocycles. The van der Waals surface area contributed by atoms with Crippen LogP contribution in [0, 0.1) is 12.7 Å². The maximum Gasteiger partial charge on any atom is 0.145 e. The second-order valence-corrected chi connectivity index (χ2v) is 11.5. The minimum atomic E-state index is -0.427. The number of piperazine rings is 1. The summed E-state index contributed by atoms with van der Waals surface area (Å²) in [4.78, 5) is 14.1. The van der Waals surface area contributed by atoms with Gasteiger partial charge in [0.15, 0.2) is 0 Å². The molecule has 44 heavy (non-hydrogen) atoms. The highest BCUT2D eigenvalue weighted by Gasteiger charge is 2.21. The molecular formula is C35H34FN7O. The molecule has 1 atom stereocenters. The van der Waals surface area contributed by atoms with E-state index in [1.165, 1.54) is 17.7 Å². The molecule has 0 aliphatic carbocycles. The van der Waals surface area contributed by atoms with Crippen LogP contribution < -0.4 is 4.90 Å². The number of aliphatic hydroxyl groups excluding tert-OH is 1. The van der Waals surface area contributed by atoms with Crippen LogP contribution in [0.15, 0.2) is 97.7 Å². The van der Waals surface area contributed by atoms with Gasteiger partial charge in [-0.3, -0.25) is 9.58 Å². The van der Waals surface area contributed by atoms with Gasteiger partial charge >= 0.3 is 0 Å². The molecule has 7 rings (SSSR count). The Morgan fingerprint density at radius 1 is 0.841 bits per heavy atom. The lowest BCUT2D eigenvalue weighted by Gasteiger charge is -2.36. The average molecular weight is 588 g/mol. The largest absolute Gasteiger partial charge is 0.379 e. The number of hydrogen-bond acceptors (Lipinski definition) is 6. The zero-order chi connectivity index (χ0) is 30.2. The van der Waals surface area contributed by atoms with Gasteiger partial charge < -0.3 is 14.6 Å². The fourth-order valence-electron chi connectivity index (χ4n) is 5.88. The first kappa shape index (κ1) is 27.9. The summed E-state index contributed by atoms with van der Waals surface area (Å²) in [7, 11) is 0. The molecule has 0 radical (unpaired) electrons. The van der Waals surface area contributed by atoms with E-state index in [9.17, 15) is 9.50 Å². The Hall–Kier alpha value is -4.86. The Balaban J connectivity index is 1.23. The van der Waals surface area contributed by atoms with Crippen molar-refractivity contribution in [2.45, 2.75) is 26.6 Å². The number of aromatic nitrogens is 5. The van der Waals surface area contributed by atoms with Crippen LogP contribution >= 0.6 is 0 Å². The Bertz CT molecular complexity index is 1900. The molecule has 6 aromatic rings. The van der Waals surface area contributed by atoms with Gasteiger partial charge in [0.1, 0.15) is 23.5 Å². The highest BCUT2D eigenvalue weighted by Crippen LogP contribution is 2.34. The van der Waals surface area contributed by atoms with Gasteiger partial charge in [0.2, 0.25) is 0 Å². The third kappa shape index (κ3) is 5.59. The molecule has 4 aromatic heterocycles. The summed E-state index contributed by atoms with van der Waals surface area (Å²) in [5.74, 6) is 0.682. The molecule has 1 aliphatic rings. The third-order valence-corrected chi connectivity index (χ3v) is 8.38. The smallest absolute Gasteiger partial charge is 0.145 e.